The van der Waals surface area contributed by atoms with Crippen LogP contribution >= 0.6 is 27.5 Å². The number of phenols is 1. The van der Waals surface area contributed by atoms with E-state index >= 15 is 0 Å². The third kappa shape index (κ3) is 4.31. The summed E-state index contributed by atoms with van der Waals surface area (Å²) in [5.41, 5.74) is 6.77. The van der Waals surface area contributed by atoms with E-state index in [2.05, 4.69) is 26.1 Å². The third-order valence-corrected chi connectivity index (χ3v) is 8.26. The Morgan fingerprint density at radius 2 is 1.68 bits per heavy atom. The number of halogens is 2. The number of hydrogen-bond donors (Lipinski definition) is 2. The summed E-state index contributed by atoms with van der Waals surface area (Å²) in [6.07, 6.45) is 0. The summed E-state index contributed by atoms with van der Waals surface area (Å²) in [6.45, 7) is 3.95. The summed E-state index contributed by atoms with van der Waals surface area (Å²) < 4.78 is 2.72. The van der Waals surface area contributed by atoms with Crippen LogP contribution in [0.5, 0.6) is 5.75 Å². The van der Waals surface area contributed by atoms with E-state index in [9.17, 15) is 5.11 Å². The first-order valence-corrected chi connectivity index (χ1v) is 14.3. The summed E-state index contributed by atoms with van der Waals surface area (Å²) >= 11 is 10.1. The molecule has 1 aromatic heterocycles. The van der Waals surface area contributed by atoms with Gasteiger partial charge in [0.1, 0.15) is 5.75 Å². The topological polar surface area (TPSA) is 78.0 Å². The molecule has 4 aromatic carbocycles. The van der Waals surface area contributed by atoms with Crippen molar-refractivity contribution in [2.45, 2.75) is 19.9 Å². The molecule has 7 nitrogen and oxygen atoms in total. The molecule has 202 valence electrons. The highest BCUT2D eigenvalue weighted by Gasteiger charge is 2.42. The summed E-state index contributed by atoms with van der Waals surface area (Å²) in [6, 6.07) is 28.8. The van der Waals surface area contributed by atoms with E-state index in [1.54, 1.807) is 6.07 Å². The Hall–Kier alpha value is -4.40. The highest BCUT2D eigenvalue weighted by molar-refractivity contribution is 9.10. The maximum Gasteiger partial charge on any atom is 0.179 e. The van der Waals surface area contributed by atoms with Crippen LogP contribution in [0.25, 0.3) is 5.69 Å². The zero-order valence-corrected chi connectivity index (χ0v) is 24.5. The van der Waals surface area contributed by atoms with E-state index in [0.29, 0.717) is 22.5 Å². The molecule has 0 unspecified atom stereocenters. The first kappa shape index (κ1) is 25.6. The van der Waals surface area contributed by atoms with Crippen LogP contribution in [0.2, 0.25) is 5.02 Å². The number of para-hydroxylation sites is 3. The van der Waals surface area contributed by atoms with E-state index in [-0.39, 0.29) is 5.75 Å². The lowest BCUT2D eigenvalue weighted by Gasteiger charge is -2.40. The van der Waals surface area contributed by atoms with Gasteiger partial charge in [-0.1, -0.05) is 63.9 Å². The van der Waals surface area contributed by atoms with Gasteiger partial charge in [0.15, 0.2) is 17.5 Å². The Bertz CT molecular complexity index is 1900. The van der Waals surface area contributed by atoms with Crippen molar-refractivity contribution in [3.8, 4) is 11.4 Å². The molecule has 7 rings (SSSR count). The second-order valence-corrected chi connectivity index (χ2v) is 11.3. The second-order valence-electron chi connectivity index (χ2n) is 10.0. The molecule has 5 aromatic rings. The Morgan fingerprint density at radius 3 is 2.49 bits per heavy atom. The number of nitrogens with one attached hydrogen (secondary N) is 1. The lowest BCUT2D eigenvalue weighted by atomic mass is 9.92. The monoisotopic (exact) mass is 622 g/mol. The highest BCUT2D eigenvalue weighted by atomic mass is 79.9. The van der Waals surface area contributed by atoms with Crippen LogP contribution in [0.4, 0.5) is 22.9 Å². The van der Waals surface area contributed by atoms with Gasteiger partial charge in [-0.3, -0.25) is 0 Å². The summed E-state index contributed by atoms with van der Waals surface area (Å²) in [4.78, 5) is 12.4. The zero-order chi connectivity index (χ0) is 28.2. The van der Waals surface area contributed by atoms with E-state index in [4.69, 9.17) is 26.7 Å². The molecule has 0 saturated heterocycles. The van der Waals surface area contributed by atoms with Crippen molar-refractivity contribution in [2.24, 2.45) is 9.98 Å². The fourth-order valence-corrected chi connectivity index (χ4v) is 5.95. The fourth-order valence-electron chi connectivity index (χ4n) is 5.39. The number of rotatable bonds is 3. The molecule has 0 fully saturated rings. The number of hydrogen-bond acceptors (Lipinski definition) is 6. The first-order valence-electron chi connectivity index (χ1n) is 13.1. The van der Waals surface area contributed by atoms with Gasteiger partial charge in [-0.2, -0.15) is 5.10 Å². The van der Waals surface area contributed by atoms with Crippen molar-refractivity contribution in [3.05, 3.63) is 123 Å². The minimum Gasteiger partial charge on any atom is -0.508 e. The Kier molecular flexibility index (Phi) is 6.17. The molecule has 2 N–H and O–H groups in total. The van der Waals surface area contributed by atoms with Crippen molar-refractivity contribution in [2.75, 3.05) is 10.2 Å². The number of fused-ring (bicyclic) bond motifs is 4. The van der Waals surface area contributed by atoms with E-state index in [0.717, 1.165) is 49.6 Å². The van der Waals surface area contributed by atoms with Crippen LogP contribution < -0.4 is 10.2 Å². The molecule has 3 heterocycles. The van der Waals surface area contributed by atoms with Crippen molar-refractivity contribution in [1.29, 1.82) is 0 Å². The molecule has 0 amide bonds. The molecular formula is C32H24BrClN6O. The maximum absolute atomic E-state index is 11.2. The minimum absolute atomic E-state index is 0.178. The Balaban J connectivity index is 1.51. The summed E-state index contributed by atoms with van der Waals surface area (Å²) in [7, 11) is 0. The van der Waals surface area contributed by atoms with Crippen molar-refractivity contribution in [1.82, 2.24) is 9.78 Å². The number of anilines is 2. The van der Waals surface area contributed by atoms with Gasteiger partial charge in [0, 0.05) is 26.3 Å². The van der Waals surface area contributed by atoms with Crippen molar-refractivity contribution >= 4 is 62.1 Å². The molecule has 2 aliphatic heterocycles. The average Bonchev–Trinajstić information content (AvgIpc) is 3.31. The number of nitrogens with zero attached hydrogens (tertiary/aromatic N) is 5. The minimum atomic E-state index is -0.442. The number of aromatic nitrogens is 2. The van der Waals surface area contributed by atoms with Crippen LogP contribution in [-0.4, -0.2) is 26.6 Å². The Labute approximate surface area is 250 Å². The van der Waals surface area contributed by atoms with Crippen LogP contribution in [0.15, 0.2) is 105 Å². The predicted molar refractivity (Wildman–Crippen MR) is 169 cm³/mol. The number of aryl methyl sites for hydroxylation is 2. The first-order chi connectivity index (χ1) is 19.9. The lowest BCUT2D eigenvalue weighted by molar-refractivity contribution is 0.465. The van der Waals surface area contributed by atoms with Gasteiger partial charge >= 0.3 is 0 Å². The summed E-state index contributed by atoms with van der Waals surface area (Å²) in [5, 5.41) is 20.3. The highest BCUT2D eigenvalue weighted by Crippen LogP contribution is 2.50. The van der Waals surface area contributed by atoms with Crippen molar-refractivity contribution in [3.63, 3.8) is 0 Å². The molecule has 9 heteroatoms. The van der Waals surface area contributed by atoms with Gasteiger partial charge in [-0.15, -0.1) is 0 Å². The summed E-state index contributed by atoms with van der Waals surface area (Å²) in [5.74, 6) is 2.03. The van der Waals surface area contributed by atoms with Crippen LogP contribution in [-0.2, 0) is 0 Å². The number of aromatic hydroxyl groups is 1. The van der Waals surface area contributed by atoms with Crippen molar-refractivity contribution < 1.29 is 5.11 Å². The SMILES string of the molecule is Cc1ccc(NC2=Nc3ccccc3N3C2=Nc2c(c(C)nn2-c2ccccc2)[C@@H]3c2cc(Br)ccc2O)cc1Cl. The van der Waals surface area contributed by atoms with Crippen LogP contribution in [0.3, 0.4) is 0 Å². The number of phenolic OH excluding ortho intramolecular Hbond substituents is 1. The molecular weight excluding hydrogens is 600 g/mol. The average molecular weight is 624 g/mol. The molecule has 0 radical (unpaired) electrons. The Morgan fingerprint density at radius 1 is 0.902 bits per heavy atom. The fraction of sp³-hybridized carbons (Fsp3) is 0.0938. The third-order valence-electron chi connectivity index (χ3n) is 7.36. The second kappa shape index (κ2) is 9.90. The molecule has 1 atom stereocenters. The van der Waals surface area contributed by atoms with Gasteiger partial charge in [0.05, 0.1) is 28.8 Å². The van der Waals surface area contributed by atoms with E-state index < -0.39 is 6.04 Å². The van der Waals surface area contributed by atoms with Gasteiger partial charge in [0.25, 0.3) is 0 Å². The molecule has 41 heavy (non-hydrogen) atoms. The van der Waals surface area contributed by atoms with Gasteiger partial charge in [-0.05, 0) is 74.0 Å². The quantitative estimate of drug-likeness (QED) is 0.212. The molecule has 0 saturated carbocycles. The van der Waals surface area contributed by atoms with E-state index in [1.807, 2.05) is 103 Å². The largest absolute Gasteiger partial charge is 0.508 e. The molecule has 2 aliphatic rings. The van der Waals surface area contributed by atoms with Gasteiger partial charge in [-0.25, -0.2) is 14.7 Å². The van der Waals surface area contributed by atoms with Gasteiger partial charge < -0.3 is 15.3 Å². The normalized spacial score (nSPS) is 15.4. The smallest absolute Gasteiger partial charge is 0.179 e. The van der Waals surface area contributed by atoms with E-state index in [1.165, 1.54) is 0 Å². The molecule has 0 bridgehead atoms. The van der Waals surface area contributed by atoms with Gasteiger partial charge in [0.2, 0.25) is 0 Å². The standard InChI is InChI=1S/C32H24BrClN6O/c1-18-12-14-21(17-24(18)34)35-30-32-37-31-28(19(2)38-40(31)22-8-4-3-5-9-22)29(23-16-20(33)13-15-27(23)41)39(32)26-11-7-6-10-25(26)36-30/h3-17,29,41H,1-2H3,(H,35,36)/t29-/m0/s1. The predicted octanol–water partition coefficient (Wildman–Crippen LogP) is 8.41. The zero-order valence-electron chi connectivity index (χ0n) is 22.2. The lowest BCUT2D eigenvalue weighted by Crippen LogP contribution is -2.46. The number of amidine groups is 2. The number of aliphatic imine (C=N–C) groups is 2. The maximum atomic E-state index is 11.2. The van der Waals surface area contributed by atoms with Crippen LogP contribution in [0, 0.1) is 13.8 Å². The number of benzene rings is 4. The van der Waals surface area contributed by atoms with Crippen LogP contribution in [0.1, 0.15) is 28.4 Å². The molecule has 0 aliphatic carbocycles. The molecule has 0 spiro atoms.